The molecule has 7 nitrogen and oxygen atoms in total. The number of phenolic OH excluding ortho intramolecular Hbond substituents is 1. The Labute approximate surface area is 184 Å². The maximum absolute atomic E-state index is 12.8. The molecular weight excluding hydrogens is 410 g/mol. The summed E-state index contributed by atoms with van der Waals surface area (Å²) in [5.74, 6) is -0.964. The topological polar surface area (TPSA) is 108 Å². The molecule has 1 aliphatic rings. The van der Waals surface area contributed by atoms with Crippen molar-refractivity contribution in [1.82, 2.24) is 4.90 Å². The zero-order chi connectivity index (χ0) is 22.9. The lowest BCUT2D eigenvalue weighted by atomic mass is 9.73. The lowest BCUT2D eigenvalue weighted by molar-refractivity contribution is -0.148. The Hall–Kier alpha value is -3.61. The van der Waals surface area contributed by atoms with Crippen LogP contribution in [0.25, 0.3) is 11.0 Å². The molecule has 0 unspecified atom stereocenters. The van der Waals surface area contributed by atoms with Gasteiger partial charge >= 0.3 is 11.6 Å². The van der Waals surface area contributed by atoms with Crippen LogP contribution in [0, 0.1) is 6.92 Å². The average Bonchev–Trinajstić information content (AvgIpc) is 2.79. The summed E-state index contributed by atoms with van der Waals surface area (Å²) < 4.78 is 5.33. The molecule has 0 saturated carbocycles. The van der Waals surface area contributed by atoms with Crippen molar-refractivity contribution >= 4 is 22.8 Å². The summed E-state index contributed by atoms with van der Waals surface area (Å²) in [4.78, 5) is 39.0. The number of hydrogen-bond acceptors (Lipinski definition) is 5. The number of aromatic hydroxyl groups is 1. The van der Waals surface area contributed by atoms with Gasteiger partial charge in [0.1, 0.15) is 11.3 Å². The smallest absolute Gasteiger partial charge is 0.339 e. The van der Waals surface area contributed by atoms with Crippen LogP contribution < -0.4 is 5.63 Å². The minimum Gasteiger partial charge on any atom is -0.508 e. The lowest BCUT2D eigenvalue weighted by Crippen LogP contribution is -2.49. The number of hydrogen-bond donors (Lipinski definition) is 2. The first-order valence-electron chi connectivity index (χ1n) is 10.6. The highest BCUT2D eigenvalue weighted by molar-refractivity contribution is 5.84. The van der Waals surface area contributed by atoms with Gasteiger partial charge in [0.15, 0.2) is 0 Å². The number of amides is 1. The third-order valence-electron chi connectivity index (χ3n) is 6.57. The molecule has 0 atom stereocenters. The summed E-state index contributed by atoms with van der Waals surface area (Å²) in [6.07, 6.45) is 1.07. The van der Waals surface area contributed by atoms with Gasteiger partial charge in [-0.25, -0.2) is 4.79 Å². The van der Waals surface area contributed by atoms with Crippen LogP contribution in [0.2, 0.25) is 0 Å². The van der Waals surface area contributed by atoms with Crippen molar-refractivity contribution in [3.8, 4) is 5.75 Å². The van der Waals surface area contributed by atoms with Gasteiger partial charge < -0.3 is 19.5 Å². The van der Waals surface area contributed by atoms with Crippen LogP contribution in [0.5, 0.6) is 5.75 Å². The zero-order valence-corrected chi connectivity index (χ0v) is 17.8. The Morgan fingerprint density at radius 1 is 1.09 bits per heavy atom. The molecule has 0 bridgehead atoms. The minimum absolute atomic E-state index is 0.0148. The number of benzene rings is 2. The molecule has 4 rings (SSSR count). The molecule has 1 amide bonds. The molecule has 2 N–H and O–H groups in total. The number of carbonyl (C=O) groups excluding carboxylic acids is 1. The van der Waals surface area contributed by atoms with E-state index in [2.05, 4.69) is 0 Å². The van der Waals surface area contributed by atoms with E-state index in [0.29, 0.717) is 37.1 Å². The van der Waals surface area contributed by atoms with Gasteiger partial charge in [0, 0.05) is 36.5 Å². The summed E-state index contributed by atoms with van der Waals surface area (Å²) in [5, 5.41) is 20.2. The fraction of sp³-hybridized carbons (Fsp3) is 0.320. The predicted octanol–water partition coefficient (Wildman–Crippen LogP) is 3.38. The van der Waals surface area contributed by atoms with E-state index in [1.165, 1.54) is 12.1 Å². The van der Waals surface area contributed by atoms with E-state index in [-0.39, 0.29) is 24.5 Å². The van der Waals surface area contributed by atoms with Crippen molar-refractivity contribution in [2.24, 2.45) is 0 Å². The standard InChI is InChI=1S/C25H25NO6/c1-16-19-8-7-18(27)15-21(19)32-23(29)20(16)9-10-22(28)26-13-11-25(12-14-26,24(30)31)17-5-3-2-4-6-17/h2-8,15,27H,9-14H2,1H3,(H,30,31). The Bertz CT molecular complexity index is 1220. The van der Waals surface area contributed by atoms with Crippen molar-refractivity contribution in [3.63, 3.8) is 0 Å². The van der Waals surface area contributed by atoms with Gasteiger partial charge in [0.2, 0.25) is 5.91 Å². The molecule has 1 aromatic heterocycles. The Morgan fingerprint density at radius 2 is 1.78 bits per heavy atom. The number of nitrogens with zero attached hydrogens (tertiary/aromatic N) is 1. The molecule has 0 aliphatic carbocycles. The van der Waals surface area contributed by atoms with Gasteiger partial charge in [-0.1, -0.05) is 30.3 Å². The molecule has 1 saturated heterocycles. The number of phenols is 1. The highest BCUT2D eigenvalue weighted by atomic mass is 16.4. The normalized spacial score (nSPS) is 15.6. The van der Waals surface area contributed by atoms with Crippen LogP contribution in [0.3, 0.4) is 0 Å². The van der Waals surface area contributed by atoms with Crippen LogP contribution in [0.4, 0.5) is 0 Å². The summed E-state index contributed by atoms with van der Waals surface area (Å²) in [6.45, 7) is 2.51. The van der Waals surface area contributed by atoms with Gasteiger partial charge in [0.25, 0.3) is 0 Å². The number of carboxylic acids is 1. The van der Waals surface area contributed by atoms with E-state index < -0.39 is 17.0 Å². The van der Waals surface area contributed by atoms with Crippen LogP contribution >= 0.6 is 0 Å². The minimum atomic E-state index is -0.987. The van der Waals surface area contributed by atoms with Crippen molar-refractivity contribution in [2.75, 3.05) is 13.1 Å². The number of carbonyl (C=O) groups is 2. The first kappa shape index (κ1) is 21.6. The van der Waals surface area contributed by atoms with Crippen LogP contribution in [0.1, 0.15) is 36.0 Å². The highest BCUT2D eigenvalue weighted by Crippen LogP contribution is 2.36. The van der Waals surface area contributed by atoms with Crippen LogP contribution in [-0.4, -0.2) is 40.1 Å². The highest BCUT2D eigenvalue weighted by Gasteiger charge is 2.43. The maximum Gasteiger partial charge on any atom is 0.339 e. The van der Waals surface area contributed by atoms with E-state index in [1.54, 1.807) is 17.9 Å². The van der Waals surface area contributed by atoms with Gasteiger partial charge in [0.05, 0.1) is 5.41 Å². The first-order valence-corrected chi connectivity index (χ1v) is 10.6. The molecule has 3 aromatic rings. The summed E-state index contributed by atoms with van der Waals surface area (Å²) >= 11 is 0. The number of piperidine rings is 1. The molecule has 0 radical (unpaired) electrons. The van der Waals surface area contributed by atoms with Crippen LogP contribution in [0.15, 0.2) is 57.7 Å². The second-order valence-electron chi connectivity index (χ2n) is 8.31. The van der Waals surface area contributed by atoms with Gasteiger partial charge in [-0.05, 0) is 49.4 Å². The Balaban J connectivity index is 1.46. The fourth-order valence-electron chi connectivity index (χ4n) is 4.58. The van der Waals surface area contributed by atoms with Crippen molar-refractivity contribution in [3.05, 3.63) is 75.6 Å². The summed E-state index contributed by atoms with van der Waals surface area (Å²) in [7, 11) is 0. The predicted molar refractivity (Wildman–Crippen MR) is 119 cm³/mol. The number of fused-ring (bicyclic) bond motifs is 1. The average molecular weight is 435 g/mol. The Morgan fingerprint density at radius 3 is 2.44 bits per heavy atom. The second-order valence-corrected chi connectivity index (χ2v) is 8.31. The molecule has 166 valence electrons. The number of likely N-dealkylation sites (tertiary alicyclic amines) is 1. The van der Waals surface area contributed by atoms with Crippen molar-refractivity contribution < 1.29 is 24.2 Å². The van der Waals surface area contributed by atoms with Gasteiger partial charge in [-0.15, -0.1) is 0 Å². The molecule has 1 fully saturated rings. The van der Waals surface area contributed by atoms with Crippen LogP contribution in [-0.2, 0) is 21.4 Å². The third kappa shape index (κ3) is 3.86. The molecule has 2 aromatic carbocycles. The number of aliphatic carboxylic acids is 1. The Kier molecular flexibility index (Phi) is 5.74. The molecule has 2 heterocycles. The lowest BCUT2D eigenvalue weighted by Gasteiger charge is -2.39. The van der Waals surface area contributed by atoms with E-state index >= 15 is 0 Å². The maximum atomic E-state index is 12.8. The van der Waals surface area contributed by atoms with Gasteiger partial charge in [-0.2, -0.15) is 0 Å². The molecule has 1 aliphatic heterocycles. The third-order valence-corrected chi connectivity index (χ3v) is 6.57. The van der Waals surface area contributed by atoms with Crippen molar-refractivity contribution in [1.29, 1.82) is 0 Å². The molecular formula is C25H25NO6. The summed E-state index contributed by atoms with van der Waals surface area (Å²) in [5.41, 5.74) is 0.745. The molecule has 32 heavy (non-hydrogen) atoms. The SMILES string of the molecule is Cc1c(CCC(=O)N2CCC(C(=O)O)(c3ccccc3)CC2)c(=O)oc2cc(O)ccc12. The monoisotopic (exact) mass is 435 g/mol. The van der Waals surface area contributed by atoms with E-state index in [9.17, 15) is 24.6 Å². The van der Waals surface area contributed by atoms with E-state index in [0.717, 1.165) is 16.5 Å². The largest absolute Gasteiger partial charge is 0.508 e. The first-order chi connectivity index (χ1) is 15.3. The number of rotatable bonds is 5. The van der Waals surface area contributed by atoms with E-state index in [4.69, 9.17) is 4.42 Å². The fourth-order valence-corrected chi connectivity index (χ4v) is 4.58. The zero-order valence-electron chi connectivity index (χ0n) is 17.8. The van der Waals surface area contributed by atoms with Gasteiger partial charge in [-0.3, -0.25) is 9.59 Å². The van der Waals surface area contributed by atoms with Crippen molar-refractivity contribution in [2.45, 2.75) is 38.0 Å². The quantitative estimate of drug-likeness (QED) is 0.595. The summed E-state index contributed by atoms with van der Waals surface area (Å²) in [6, 6.07) is 13.8. The number of aryl methyl sites for hydroxylation is 1. The second kappa shape index (κ2) is 8.49. The molecule has 7 heteroatoms. The van der Waals surface area contributed by atoms with E-state index in [1.807, 2.05) is 30.3 Å². The number of carboxylic acid groups (broad SMARTS) is 1. The molecule has 0 spiro atoms.